The quantitative estimate of drug-likeness (QED) is 0.576. The average molecular weight is 424 g/mol. The second kappa shape index (κ2) is 10.2. The summed E-state index contributed by atoms with van der Waals surface area (Å²) in [5.41, 5.74) is 2.58. The first-order chi connectivity index (χ1) is 14.1. The molecule has 3 aromatic carbocycles. The number of likely N-dealkylation sites (tertiary alicyclic amines) is 1. The molecule has 0 aliphatic carbocycles. The van der Waals surface area contributed by atoms with Crippen LogP contribution in [0.15, 0.2) is 91.0 Å². The molecule has 1 aliphatic rings. The summed E-state index contributed by atoms with van der Waals surface area (Å²) in [6.07, 6.45) is 1.07. The summed E-state index contributed by atoms with van der Waals surface area (Å²) >= 11 is 0. The third-order valence-electron chi connectivity index (χ3n) is 6.08. The molecular formula is C26H30ClNO2. The maximum absolute atomic E-state index is 11.2. The van der Waals surface area contributed by atoms with E-state index in [1.54, 1.807) is 0 Å². The third-order valence-corrected chi connectivity index (χ3v) is 6.08. The molecule has 158 valence electrons. The fourth-order valence-electron chi connectivity index (χ4n) is 4.44. The van der Waals surface area contributed by atoms with Gasteiger partial charge in [-0.25, -0.2) is 0 Å². The van der Waals surface area contributed by atoms with Crippen LogP contribution in [-0.4, -0.2) is 33.8 Å². The molecular weight excluding hydrogens is 394 g/mol. The van der Waals surface area contributed by atoms with Crippen molar-refractivity contribution in [2.45, 2.75) is 37.0 Å². The Morgan fingerprint density at radius 3 is 1.53 bits per heavy atom. The summed E-state index contributed by atoms with van der Waals surface area (Å²) in [6.45, 7) is 1.60. The summed E-state index contributed by atoms with van der Waals surface area (Å²) in [7, 11) is 0. The van der Waals surface area contributed by atoms with E-state index in [9.17, 15) is 10.2 Å². The molecule has 1 saturated heterocycles. The number of aliphatic hydroxyl groups excluding tert-OH is 1. The average Bonchev–Trinajstić information content (AvgIpc) is 2.77. The van der Waals surface area contributed by atoms with Crippen LogP contribution in [-0.2, 0) is 0 Å². The molecule has 3 nitrogen and oxygen atoms in total. The van der Waals surface area contributed by atoms with E-state index in [4.69, 9.17) is 0 Å². The first kappa shape index (κ1) is 22.5. The number of hydrogen-bond donors (Lipinski definition) is 2. The second-order valence-corrected chi connectivity index (χ2v) is 8.11. The predicted octanol–water partition coefficient (Wildman–Crippen LogP) is 5.15. The van der Waals surface area contributed by atoms with Gasteiger partial charge >= 0.3 is 0 Å². The highest BCUT2D eigenvalue weighted by Crippen LogP contribution is 2.37. The Morgan fingerprint density at radius 1 is 0.700 bits per heavy atom. The maximum Gasteiger partial charge on any atom is 0.0817 e. The van der Waals surface area contributed by atoms with Crippen molar-refractivity contribution in [3.63, 3.8) is 0 Å². The van der Waals surface area contributed by atoms with E-state index in [1.165, 1.54) is 11.1 Å². The standard InChI is InChI=1S/C26H29NO2.ClH/c28-24(21-10-4-1-5-11-21)20-26(29)16-18-27(19-17-26)25(22-12-6-2-7-13-22)23-14-8-3-9-15-23;/h1-15,24-25,28-29H,16-20H2;1H. The lowest BCUT2D eigenvalue weighted by atomic mass is 9.83. The van der Waals surface area contributed by atoms with E-state index in [0.717, 1.165) is 18.7 Å². The zero-order valence-electron chi connectivity index (χ0n) is 17.1. The van der Waals surface area contributed by atoms with E-state index in [1.807, 2.05) is 42.5 Å². The minimum atomic E-state index is -0.830. The minimum absolute atomic E-state index is 0. The van der Waals surface area contributed by atoms with Crippen molar-refractivity contribution >= 4 is 12.4 Å². The van der Waals surface area contributed by atoms with Crippen molar-refractivity contribution < 1.29 is 10.2 Å². The van der Waals surface area contributed by atoms with Crippen molar-refractivity contribution in [3.8, 4) is 0 Å². The number of rotatable bonds is 6. The highest BCUT2D eigenvalue weighted by atomic mass is 35.5. The first-order valence-corrected chi connectivity index (χ1v) is 10.4. The molecule has 2 N–H and O–H groups in total. The molecule has 1 heterocycles. The van der Waals surface area contributed by atoms with E-state index < -0.39 is 11.7 Å². The van der Waals surface area contributed by atoms with Crippen LogP contribution in [0.1, 0.15) is 48.1 Å². The number of hydrogen-bond acceptors (Lipinski definition) is 3. The number of benzene rings is 3. The van der Waals surface area contributed by atoms with E-state index in [2.05, 4.69) is 53.4 Å². The Bertz CT molecular complexity index is 841. The lowest BCUT2D eigenvalue weighted by molar-refractivity contribution is -0.0599. The van der Waals surface area contributed by atoms with Gasteiger partial charge in [0.15, 0.2) is 0 Å². The SMILES string of the molecule is Cl.OC(CC1(O)CCN(C(c2ccccc2)c2ccccc2)CC1)c1ccccc1. The van der Waals surface area contributed by atoms with Gasteiger partial charge in [-0.2, -0.15) is 0 Å². The van der Waals surface area contributed by atoms with Gasteiger partial charge in [0.1, 0.15) is 0 Å². The van der Waals surface area contributed by atoms with Gasteiger partial charge in [0.25, 0.3) is 0 Å². The van der Waals surface area contributed by atoms with Crippen molar-refractivity contribution in [2.75, 3.05) is 13.1 Å². The molecule has 3 aromatic rings. The Labute approximate surface area is 185 Å². The second-order valence-electron chi connectivity index (χ2n) is 8.11. The lowest BCUT2D eigenvalue weighted by Crippen LogP contribution is -2.46. The van der Waals surface area contributed by atoms with Crippen LogP contribution >= 0.6 is 12.4 Å². The normalized spacial score (nSPS) is 17.3. The fraction of sp³-hybridized carbons (Fsp3) is 0.308. The van der Waals surface area contributed by atoms with E-state index in [-0.39, 0.29) is 18.4 Å². The molecule has 4 heteroatoms. The molecule has 0 saturated carbocycles. The highest BCUT2D eigenvalue weighted by Gasteiger charge is 2.37. The molecule has 4 rings (SSSR count). The zero-order valence-corrected chi connectivity index (χ0v) is 17.9. The molecule has 1 fully saturated rings. The van der Waals surface area contributed by atoms with Gasteiger partial charge < -0.3 is 10.2 Å². The van der Waals surface area contributed by atoms with Crippen LogP contribution < -0.4 is 0 Å². The van der Waals surface area contributed by atoms with Gasteiger partial charge in [0.2, 0.25) is 0 Å². The summed E-state index contributed by atoms with van der Waals surface area (Å²) in [5.74, 6) is 0. The Balaban J connectivity index is 0.00000256. The van der Waals surface area contributed by atoms with Gasteiger partial charge in [-0.15, -0.1) is 12.4 Å². The van der Waals surface area contributed by atoms with E-state index >= 15 is 0 Å². The summed E-state index contributed by atoms with van der Waals surface area (Å²) in [5, 5.41) is 21.8. The highest BCUT2D eigenvalue weighted by molar-refractivity contribution is 5.85. The topological polar surface area (TPSA) is 43.7 Å². The molecule has 0 aromatic heterocycles. The van der Waals surface area contributed by atoms with Crippen LogP contribution in [0.25, 0.3) is 0 Å². The van der Waals surface area contributed by atoms with Gasteiger partial charge in [-0.3, -0.25) is 4.90 Å². The first-order valence-electron chi connectivity index (χ1n) is 10.4. The van der Waals surface area contributed by atoms with Crippen LogP contribution in [0.3, 0.4) is 0 Å². The van der Waals surface area contributed by atoms with Crippen LogP contribution in [0.4, 0.5) is 0 Å². The molecule has 0 amide bonds. The summed E-state index contributed by atoms with van der Waals surface area (Å²) in [4.78, 5) is 2.45. The molecule has 0 spiro atoms. The number of aliphatic hydroxyl groups is 2. The Morgan fingerprint density at radius 2 is 1.10 bits per heavy atom. The largest absolute Gasteiger partial charge is 0.390 e. The van der Waals surface area contributed by atoms with Gasteiger partial charge in [0.05, 0.1) is 17.7 Å². The fourth-order valence-corrected chi connectivity index (χ4v) is 4.44. The van der Waals surface area contributed by atoms with Crippen molar-refractivity contribution in [1.29, 1.82) is 0 Å². The monoisotopic (exact) mass is 423 g/mol. The minimum Gasteiger partial charge on any atom is -0.390 e. The number of nitrogens with zero attached hydrogens (tertiary/aromatic N) is 1. The third kappa shape index (κ3) is 5.30. The Kier molecular flexibility index (Phi) is 7.68. The molecule has 0 radical (unpaired) electrons. The summed E-state index contributed by atoms with van der Waals surface area (Å²) in [6, 6.07) is 31.0. The number of halogens is 1. The van der Waals surface area contributed by atoms with Crippen LogP contribution in [0, 0.1) is 0 Å². The van der Waals surface area contributed by atoms with Crippen molar-refractivity contribution in [3.05, 3.63) is 108 Å². The smallest absolute Gasteiger partial charge is 0.0817 e. The Hall–Kier alpha value is -2.17. The molecule has 0 bridgehead atoms. The summed E-state index contributed by atoms with van der Waals surface area (Å²) < 4.78 is 0. The van der Waals surface area contributed by atoms with Crippen LogP contribution in [0.2, 0.25) is 0 Å². The van der Waals surface area contributed by atoms with Crippen LogP contribution in [0.5, 0.6) is 0 Å². The molecule has 30 heavy (non-hydrogen) atoms. The maximum atomic E-state index is 11.2. The zero-order chi connectivity index (χ0) is 20.1. The molecule has 1 atom stereocenters. The van der Waals surface area contributed by atoms with Gasteiger partial charge in [-0.1, -0.05) is 91.0 Å². The van der Waals surface area contributed by atoms with Crippen molar-refractivity contribution in [1.82, 2.24) is 4.90 Å². The van der Waals surface area contributed by atoms with Gasteiger partial charge in [0, 0.05) is 19.5 Å². The van der Waals surface area contributed by atoms with E-state index in [0.29, 0.717) is 19.3 Å². The lowest BCUT2D eigenvalue weighted by Gasteiger charge is -2.42. The molecule has 1 unspecified atom stereocenters. The van der Waals surface area contributed by atoms with Crippen molar-refractivity contribution in [2.24, 2.45) is 0 Å². The molecule has 1 aliphatic heterocycles. The number of piperidine rings is 1. The van der Waals surface area contributed by atoms with Gasteiger partial charge in [-0.05, 0) is 29.5 Å². The predicted molar refractivity (Wildman–Crippen MR) is 124 cm³/mol.